The highest BCUT2D eigenvalue weighted by Gasteiger charge is 2.40. The molecule has 0 amide bonds. The molecule has 1 aromatic rings. The number of nitrogens with one attached hydrogen (secondary N) is 1. The minimum Gasteiger partial charge on any atom is -0.493 e. The third-order valence-electron chi connectivity index (χ3n) is 5.15. The Morgan fingerprint density at radius 2 is 1.70 bits per heavy atom. The number of hydrogen-bond acceptors (Lipinski definition) is 3. The van der Waals surface area contributed by atoms with E-state index in [9.17, 15) is 0 Å². The van der Waals surface area contributed by atoms with Crippen molar-refractivity contribution in [1.29, 1.82) is 0 Å². The predicted molar refractivity (Wildman–Crippen MR) is 80.7 cm³/mol. The molecule has 1 saturated carbocycles. The van der Waals surface area contributed by atoms with Gasteiger partial charge in [-0.1, -0.05) is 19.3 Å². The number of benzene rings is 1. The van der Waals surface area contributed by atoms with Gasteiger partial charge < -0.3 is 14.8 Å². The molecule has 1 unspecified atom stereocenters. The third kappa shape index (κ3) is 2.08. The van der Waals surface area contributed by atoms with E-state index in [-0.39, 0.29) is 0 Å². The Balaban J connectivity index is 2.12. The topological polar surface area (TPSA) is 30.5 Å². The zero-order chi connectivity index (χ0) is 14.2. The summed E-state index contributed by atoms with van der Waals surface area (Å²) in [4.78, 5) is 0. The van der Waals surface area contributed by atoms with Gasteiger partial charge in [0, 0.05) is 18.0 Å². The highest BCUT2D eigenvalue weighted by Crippen LogP contribution is 2.47. The van der Waals surface area contributed by atoms with Gasteiger partial charge in [-0.05, 0) is 43.0 Å². The van der Waals surface area contributed by atoms with E-state index in [0.29, 0.717) is 11.5 Å². The molecule has 1 heterocycles. The van der Waals surface area contributed by atoms with Crippen molar-refractivity contribution in [3.8, 4) is 11.5 Å². The molecule has 1 aliphatic carbocycles. The minimum absolute atomic E-state index is 0.305. The molecule has 1 spiro atoms. The van der Waals surface area contributed by atoms with Crippen molar-refractivity contribution in [2.75, 3.05) is 20.8 Å². The lowest BCUT2D eigenvalue weighted by Crippen LogP contribution is -2.46. The van der Waals surface area contributed by atoms with Crippen molar-refractivity contribution in [2.45, 2.75) is 50.5 Å². The molecule has 0 saturated heterocycles. The zero-order valence-electron chi connectivity index (χ0n) is 12.8. The van der Waals surface area contributed by atoms with Gasteiger partial charge in [-0.2, -0.15) is 0 Å². The van der Waals surface area contributed by atoms with Gasteiger partial charge in [-0.15, -0.1) is 0 Å². The summed E-state index contributed by atoms with van der Waals surface area (Å²) in [5.74, 6) is 1.71. The maximum absolute atomic E-state index is 5.53. The van der Waals surface area contributed by atoms with Gasteiger partial charge >= 0.3 is 0 Å². The van der Waals surface area contributed by atoms with Crippen LogP contribution in [-0.4, -0.2) is 20.8 Å². The smallest absolute Gasteiger partial charge is 0.161 e. The van der Waals surface area contributed by atoms with Crippen LogP contribution in [0.25, 0.3) is 0 Å². The first-order valence-electron chi connectivity index (χ1n) is 7.70. The molecule has 1 aliphatic heterocycles. The maximum atomic E-state index is 5.53. The van der Waals surface area contributed by atoms with Gasteiger partial charge in [0.2, 0.25) is 0 Å². The molecule has 0 radical (unpaired) electrons. The van der Waals surface area contributed by atoms with Gasteiger partial charge in [0.25, 0.3) is 0 Å². The summed E-state index contributed by atoms with van der Waals surface area (Å²) in [7, 11) is 3.43. The largest absolute Gasteiger partial charge is 0.493 e. The van der Waals surface area contributed by atoms with Crippen molar-refractivity contribution < 1.29 is 9.47 Å². The Kier molecular flexibility index (Phi) is 3.63. The second kappa shape index (κ2) is 5.28. The van der Waals surface area contributed by atoms with Gasteiger partial charge in [0.15, 0.2) is 11.5 Å². The molecule has 3 rings (SSSR count). The first-order valence-corrected chi connectivity index (χ1v) is 7.70. The predicted octanol–water partition coefficient (Wildman–Crippen LogP) is 3.57. The highest BCUT2D eigenvalue weighted by molar-refractivity contribution is 5.52. The van der Waals surface area contributed by atoms with E-state index < -0.39 is 0 Å². The fraction of sp³-hybridized carbons (Fsp3) is 0.647. The monoisotopic (exact) mass is 275 g/mol. The van der Waals surface area contributed by atoms with E-state index >= 15 is 0 Å². The molecular weight excluding hydrogens is 250 g/mol. The summed E-state index contributed by atoms with van der Waals surface area (Å²) in [6.07, 6.45) is 6.62. The Bertz CT molecular complexity index is 492. The van der Waals surface area contributed by atoms with Gasteiger partial charge in [0.1, 0.15) is 0 Å². The van der Waals surface area contributed by atoms with Crippen LogP contribution in [0.15, 0.2) is 12.1 Å². The second-order valence-electron chi connectivity index (χ2n) is 6.24. The van der Waals surface area contributed by atoms with Crippen LogP contribution in [0.4, 0.5) is 0 Å². The van der Waals surface area contributed by atoms with Gasteiger partial charge in [-0.3, -0.25) is 0 Å². The molecular formula is C17H25NO2. The minimum atomic E-state index is 0.305. The fourth-order valence-corrected chi connectivity index (χ4v) is 3.94. The van der Waals surface area contributed by atoms with Crippen LogP contribution >= 0.6 is 0 Å². The van der Waals surface area contributed by atoms with Gasteiger partial charge in [-0.25, -0.2) is 0 Å². The lowest BCUT2D eigenvalue weighted by Gasteiger charge is -2.44. The summed E-state index contributed by atoms with van der Waals surface area (Å²) in [6, 6.07) is 4.79. The number of ether oxygens (including phenoxy) is 2. The Morgan fingerprint density at radius 3 is 2.35 bits per heavy atom. The second-order valence-corrected chi connectivity index (χ2v) is 6.24. The van der Waals surface area contributed by atoms with Crippen molar-refractivity contribution in [3.63, 3.8) is 0 Å². The standard InChI is InChI=1S/C17H25NO2/c1-12-13-9-15(19-2)16(20-3)10-14(13)17(11-18-12)7-5-4-6-8-17/h9-10,12,18H,4-8,11H2,1-3H3. The molecule has 3 nitrogen and oxygen atoms in total. The first-order chi connectivity index (χ1) is 9.70. The van der Waals surface area contributed by atoms with Crippen molar-refractivity contribution in [3.05, 3.63) is 23.3 Å². The zero-order valence-corrected chi connectivity index (χ0v) is 12.8. The molecule has 1 atom stereocenters. The van der Waals surface area contributed by atoms with Crippen molar-refractivity contribution in [2.24, 2.45) is 0 Å². The van der Waals surface area contributed by atoms with Crippen LogP contribution in [0.5, 0.6) is 11.5 Å². The molecule has 1 N–H and O–H groups in total. The maximum Gasteiger partial charge on any atom is 0.161 e. The SMILES string of the molecule is COc1cc2c(cc1OC)C1(CCCCC1)CNC2C. The number of hydrogen-bond donors (Lipinski definition) is 1. The van der Waals surface area contributed by atoms with Crippen LogP contribution in [0.3, 0.4) is 0 Å². The number of rotatable bonds is 2. The summed E-state index contributed by atoms with van der Waals surface area (Å²) in [5.41, 5.74) is 3.18. The Labute approximate surface area is 121 Å². The lowest BCUT2D eigenvalue weighted by molar-refractivity contribution is 0.249. The van der Waals surface area contributed by atoms with Crippen LogP contribution in [0, 0.1) is 0 Å². The van der Waals surface area contributed by atoms with Crippen molar-refractivity contribution >= 4 is 0 Å². The van der Waals surface area contributed by atoms with Crippen LogP contribution < -0.4 is 14.8 Å². The van der Waals surface area contributed by atoms with Crippen LogP contribution in [0.1, 0.15) is 56.2 Å². The number of fused-ring (bicyclic) bond motifs is 2. The summed E-state index contributed by atoms with van der Waals surface area (Å²) >= 11 is 0. The molecule has 3 heteroatoms. The first kappa shape index (κ1) is 13.7. The van der Waals surface area contributed by atoms with E-state index in [0.717, 1.165) is 18.0 Å². The van der Waals surface area contributed by atoms with E-state index in [1.165, 1.54) is 43.2 Å². The van der Waals surface area contributed by atoms with Gasteiger partial charge in [0.05, 0.1) is 14.2 Å². The summed E-state index contributed by atoms with van der Waals surface area (Å²) in [6.45, 7) is 3.33. The van der Waals surface area contributed by atoms with E-state index in [1.54, 1.807) is 14.2 Å². The average Bonchev–Trinajstić information content (AvgIpc) is 2.51. The molecule has 2 aliphatic rings. The third-order valence-corrected chi connectivity index (χ3v) is 5.15. The van der Waals surface area contributed by atoms with E-state index in [2.05, 4.69) is 24.4 Å². The molecule has 0 bridgehead atoms. The average molecular weight is 275 g/mol. The van der Waals surface area contributed by atoms with Crippen LogP contribution in [0.2, 0.25) is 0 Å². The normalized spacial score (nSPS) is 24.2. The summed E-state index contributed by atoms with van der Waals surface area (Å²) < 4.78 is 11.0. The molecule has 110 valence electrons. The Morgan fingerprint density at radius 1 is 1.05 bits per heavy atom. The summed E-state index contributed by atoms with van der Waals surface area (Å²) in [5, 5.41) is 3.69. The molecule has 1 aromatic carbocycles. The number of methoxy groups -OCH3 is 2. The van der Waals surface area contributed by atoms with E-state index in [4.69, 9.17) is 9.47 Å². The molecule has 20 heavy (non-hydrogen) atoms. The Hall–Kier alpha value is -1.22. The lowest BCUT2D eigenvalue weighted by atomic mass is 9.65. The quantitative estimate of drug-likeness (QED) is 0.895. The van der Waals surface area contributed by atoms with Crippen LogP contribution in [-0.2, 0) is 5.41 Å². The highest BCUT2D eigenvalue weighted by atomic mass is 16.5. The fourth-order valence-electron chi connectivity index (χ4n) is 3.94. The molecule has 0 aromatic heterocycles. The molecule has 1 fully saturated rings. The van der Waals surface area contributed by atoms with Crippen molar-refractivity contribution in [1.82, 2.24) is 5.32 Å². The van der Waals surface area contributed by atoms with E-state index in [1.807, 2.05) is 0 Å².